The maximum Gasteiger partial charge on any atom is 0.267 e. The fourth-order valence-corrected chi connectivity index (χ4v) is 8.24. The van der Waals surface area contributed by atoms with Gasteiger partial charge in [-0.25, -0.2) is 10.0 Å². The van der Waals surface area contributed by atoms with Crippen molar-refractivity contribution in [3.05, 3.63) is 110 Å². The molecule has 0 bridgehead atoms. The number of hydrogen-bond donors (Lipinski definition) is 2. The van der Waals surface area contributed by atoms with Crippen LogP contribution in [0.15, 0.2) is 82.7 Å². The highest BCUT2D eigenvalue weighted by molar-refractivity contribution is 8.01. The maximum atomic E-state index is 14.1. The number of thioether (sulfide) groups is 1. The Hall–Kier alpha value is -3.40. The van der Waals surface area contributed by atoms with E-state index in [0.717, 1.165) is 29.7 Å². The monoisotopic (exact) mass is 754 g/mol. The Morgan fingerprint density at radius 2 is 1.61 bits per heavy atom. The molecule has 0 spiro atoms. The van der Waals surface area contributed by atoms with Crippen LogP contribution in [0.4, 0.5) is 17.1 Å². The van der Waals surface area contributed by atoms with Crippen molar-refractivity contribution in [3.63, 3.8) is 0 Å². The first-order valence-corrected chi connectivity index (χ1v) is 18.3. The largest absolute Gasteiger partial charge is 0.481 e. The number of aryl methyl sites for hydroxylation is 2. The van der Waals surface area contributed by atoms with E-state index < -0.39 is 11.4 Å². The molecule has 1 aliphatic heterocycles. The van der Waals surface area contributed by atoms with Crippen LogP contribution in [0.5, 0.6) is 5.75 Å². The van der Waals surface area contributed by atoms with Gasteiger partial charge in [-0.1, -0.05) is 95.1 Å². The molecule has 4 aromatic rings. The first-order chi connectivity index (χ1) is 23.5. The minimum absolute atomic E-state index is 0.184. The van der Waals surface area contributed by atoms with Gasteiger partial charge >= 0.3 is 0 Å². The normalized spacial score (nSPS) is 17.8. The summed E-state index contributed by atoms with van der Waals surface area (Å²) in [6.45, 7) is 5.74. The molecule has 2 aliphatic rings. The van der Waals surface area contributed by atoms with Crippen molar-refractivity contribution in [3.8, 4) is 5.75 Å². The maximum absolute atomic E-state index is 14.1. The molecule has 1 heterocycles. The standard InChI is InChI=1S/C37H34Cl4N4O3S/c1-20-13-15-31(25(16-20)23-8-4-5-9-23)48-22(3)36(46)43-29-10-6-7-11-32(29)49-34-35(42-30-17-21(2)12-14-26(30)39)44-45(37(34)47)33-27(40)18-24(38)19-28(33)41/h6-7,10-19,22-23,34H,4-5,8-9H2,1-3H3,(H,42,44)(H,43,46). The summed E-state index contributed by atoms with van der Waals surface area (Å²) in [5.74, 6) is 0.781. The molecule has 49 heavy (non-hydrogen) atoms. The molecule has 254 valence electrons. The molecule has 2 N–H and O–H groups in total. The molecule has 7 nitrogen and oxygen atoms in total. The van der Waals surface area contributed by atoms with Crippen LogP contribution in [0.3, 0.4) is 0 Å². The number of anilines is 2. The molecule has 2 atom stereocenters. The van der Waals surface area contributed by atoms with Crippen LogP contribution in [-0.4, -0.2) is 29.0 Å². The fraction of sp³-hybridized carbons (Fsp3) is 0.270. The molecule has 0 radical (unpaired) electrons. The number of hydrogen-bond acceptors (Lipinski definition) is 5. The lowest BCUT2D eigenvalue weighted by Crippen LogP contribution is -2.36. The van der Waals surface area contributed by atoms with Crippen molar-refractivity contribution >= 4 is 92.9 Å². The lowest BCUT2D eigenvalue weighted by molar-refractivity contribution is -0.122. The number of para-hydroxylation sites is 1. The molecule has 4 aromatic carbocycles. The fourth-order valence-electron chi connectivity index (χ4n) is 6.01. The molecule has 2 fully saturated rings. The first-order valence-electron chi connectivity index (χ1n) is 15.9. The summed E-state index contributed by atoms with van der Waals surface area (Å²) in [6.07, 6.45) is 3.86. The number of benzene rings is 4. The zero-order chi connectivity index (χ0) is 34.8. The predicted octanol–water partition coefficient (Wildman–Crippen LogP) is 10.7. The zero-order valence-corrected chi connectivity index (χ0v) is 30.9. The van der Waals surface area contributed by atoms with Gasteiger partial charge in [-0.3, -0.25) is 15.0 Å². The molecular formula is C37H34Cl4N4O3S. The summed E-state index contributed by atoms with van der Waals surface area (Å²) >= 11 is 27.0. The Kier molecular flexibility index (Phi) is 11.0. The lowest BCUT2D eigenvalue weighted by atomic mass is 9.95. The highest BCUT2D eigenvalue weighted by Crippen LogP contribution is 2.42. The van der Waals surface area contributed by atoms with Crippen molar-refractivity contribution in [2.45, 2.75) is 68.6 Å². The predicted molar refractivity (Wildman–Crippen MR) is 203 cm³/mol. The number of carbonyl (C=O) groups is 2. The Labute approximate surface area is 310 Å². The molecule has 12 heteroatoms. The van der Waals surface area contributed by atoms with Gasteiger partial charge in [0.1, 0.15) is 22.5 Å². The number of amidine groups is 1. The molecule has 1 saturated heterocycles. The molecular weight excluding hydrogens is 722 g/mol. The molecule has 2 amide bonds. The molecule has 2 unspecified atom stereocenters. The van der Waals surface area contributed by atoms with Crippen molar-refractivity contribution in [2.24, 2.45) is 4.99 Å². The third kappa shape index (κ3) is 8.00. The van der Waals surface area contributed by atoms with E-state index in [1.54, 1.807) is 19.1 Å². The van der Waals surface area contributed by atoms with E-state index in [4.69, 9.17) is 56.1 Å². The van der Waals surface area contributed by atoms with Crippen LogP contribution >= 0.6 is 58.2 Å². The minimum atomic E-state index is -0.882. The van der Waals surface area contributed by atoms with E-state index >= 15 is 0 Å². The van der Waals surface area contributed by atoms with Gasteiger partial charge < -0.3 is 10.1 Å². The van der Waals surface area contributed by atoms with E-state index in [1.807, 2.05) is 49.4 Å². The number of nitrogens with one attached hydrogen (secondary N) is 2. The van der Waals surface area contributed by atoms with Gasteiger partial charge in [0.2, 0.25) is 0 Å². The summed E-state index contributed by atoms with van der Waals surface area (Å²) in [4.78, 5) is 33.1. The van der Waals surface area contributed by atoms with Crippen LogP contribution < -0.4 is 20.5 Å². The van der Waals surface area contributed by atoms with Gasteiger partial charge in [0, 0.05) is 9.92 Å². The van der Waals surface area contributed by atoms with Crippen LogP contribution in [0.2, 0.25) is 20.1 Å². The number of halogens is 4. The second-order valence-corrected chi connectivity index (χ2v) is 15.0. The number of rotatable bonds is 9. The Bertz CT molecular complexity index is 1930. The zero-order valence-electron chi connectivity index (χ0n) is 27.0. The average molecular weight is 757 g/mol. The van der Waals surface area contributed by atoms with E-state index in [1.165, 1.54) is 47.3 Å². The van der Waals surface area contributed by atoms with Gasteiger partial charge in [-0.05, 0) is 93.1 Å². The number of carbonyl (C=O) groups excluding carboxylic acids is 2. The molecule has 1 aliphatic carbocycles. The van der Waals surface area contributed by atoms with Crippen LogP contribution in [-0.2, 0) is 9.59 Å². The van der Waals surface area contributed by atoms with Crippen LogP contribution in [0.1, 0.15) is 55.2 Å². The topological polar surface area (TPSA) is 83.0 Å². The number of nitrogens with zero attached hydrogens (tertiary/aromatic N) is 2. The van der Waals surface area contributed by atoms with Crippen molar-refractivity contribution in [2.75, 3.05) is 10.3 Å². The summed E-state index contributed by atoms with van der Waals surface area (Å²) < 4.78 is 6.28. The number of amides is 2. The summed E-state index contributed by atoms with van der Waals surface area (Å²) in [5.41, 5.74) is 7.62. The van der Waals surface area contributed by atoms with Crippen LogP contribution in [0, 0.1) is 13.8 Å². The average Bonchev–Trinajstić information content (AvgIpc) is 3.69. The second-order valence-electron chi connectivity index (χ2n) is 12.2. The van der Waals surface area contributed by atoms with Crippen molar-refractivity contribution in [1.29, 1.82) is 0 Å². The Morgan fingerprint density at radius 3 is 2.35 bits per heavy atom. The SMILES string of the molecule is Cc1ccc(Cl)c(N=C2NN(c3c(Cl)cc(Cl)cc3Cl)C(=O)C2Sc2ccccc2NC(=O)C(C)Oc2ccc(C)cc2C2CCCC2)c1. The highest BCUT2D eigenvalue weighted by Gasteiger charge is 2.41. The minimum Gasteiger partial charge on any atom is -0.481 e. The van der Waals surface area contributed by atoms with Gasteiger partial charge in [0.25, 0.3) is 11.8 Å². The number of aliphatic imine (C=N–C) groups is 1. The smallest absolute Gasteiger partial charge is 0.267 e. The summed E-state index contributed by atoms with van der Waals surface area (Å²) in [5, 5.41) is 4.52. The highest BCUT2D eigenvalue weighted by atomic mass is 35.5. The summed E-state index contributed by atoms with van der Waals surface area (Å²) in [6, 6.07) is 21.9. The van der Waals surface area contributed by atoms with E-state index in [9.17, 15) is 9.59 Å². The van der Waals surface area contributed by atoms with E-state index in [-0.39, 0.29) is 27.5 Å². The van der Waals surface area contributed by atoms with Crippen molar-refractivity contribution in [1.82, 2.24) is 5.43 Å². The Morgan fingerprint density at radius 1 is 0.939 bits per heavy atom. The molecule has 1 saturated carbocycles. The van der Waals surface area contributed by atoms with Crippen molar-refractivity contribution < 1.29 is 14.3 Å². The van der Waals surface area contributed by atoms with Crippen LogP contribution in [0.25, 0.3) is 0 Å². The lowest BCUT2D eigenvalue weighted by Gasteiger charge is -2.21. The number of ether oxygens (including phenoxy) is 1. The molecule has 0 aromatic heterocycles. The number of hydrazine groups is 1. The van der Waals surface area contributed by atoms with Gasteiger partial charge in [-0.2, -0.15) is 0 Å². The molecule has 6 rings (SSSR count). The van der Waals surface area contributed by atoms with Gasteiger partial charge in [0.15, 0.2) is 6.10 Å². The van der Waals surface area contributed by atoms with E-state index in [0.29, 0.717) is 38.1 Å². The third-order valence-electron chi connectivity index (χ3n) is 8.49. The quantitative estimate of drug-likeness (QED) is 0.178. The Balaban J connectivity index is 1.28. The van der Waals surface area contributed by atoms with Gasteiger partial charge in [0.05, 0.1) is 26.4 Å². The third-order valence-corrected chi connectivity index (χ3v) is 10.9. The van der Waals surface area contributed by atoms with E-state index in [2.05, 4.69) is 23.7 Å². The first kappa shape index (κ1) is 35.4. The van der Waals surface area contributed by atoms with Gasteiger partial charge in [-0.15, -0.1) is 11.8 Å². The second kappa shape index (κ2) is 15.2. The summed E-state index contributed by atoms with van der Waals surface area (Å²) in [7, 11) is 0.